The Labute approximate surface area is 154 Å². The van der Waals surface area contributed by atoms with Gasteiger partial charge in [0.1, 0.15) is 16.8 Å². The molecule has 0 unspecified atom stereocenters. The minimum atomic E-state index is 0.308. The molecule has 0 fully saturated rings. The largest absolute Gasteiger partial charge is 0.449 e. The molecule has 0 amide bonds. The first kappa shape index (κ1) is 16.7. The molecule has 0 aromatic carbocycles. The normalized spacial score (nSPS) is 18.1. The topological polar surface area (TPSA) is 49.3 Å². The minimum Gasteiger partial charge on any atom is -0.449 e. The maximum Gasteiger partial charge on any atom is 0.164 e. The van der Waals surface area contributed by atoms with Gasteiger partial charge in [-0.2, -0.15) is 5.26 Å². The molecule has 3 rings (SSSR count). The van der Waals surface area contributed by atoms with Gasteiger partial charge in [-0.1, -0.05) is 20.8 Å². The molecule has 2 heterocycles. The van der Waals surface area contributed by atoms with Gasteiger partial charge in [0.05, 0.1) is 11.8 Å². The molecule has 0 aliphatic heterocycles. The van der Waals surface area contributed by atoms with Crippen LogP contribution in [0.1, 0.15) is 49.0 Å². The van der Waals surface area contributed by atoms with Crippen LogP contribution in [0.2, 0.25) is 0 Å². The summed E-state index contributed by atoms with van der Waals surface area (Å²) in [5, 5.41) is 10.4. The molecule has 0 spiro atoms. The molecule has 1 atom stereocenters. The number of furan rings is 1. The summed E-state index contributed by atoms with van der Waals surface area (Å²) in [6.45, 7) is 6.91. The number of hydrogen-bond donors (Lipinski definition) is 0. The minimum absolute atomic E-state index is 0.308. The standard InChI is InChI=1S/C18H19IN2OS/c1-18(2,3)11-4-6-13-14(9-20)17(23-15(13)8-11)21-10-12-5-7-16(19)22-12/h5,7,10-11H,4,6,8H2,1-3H3/t11-/m0/s1. The summed E-state index contributed by atoms with van der Waals surface area (Å²) in [5.41, 5.74) is 2.29. The molecule has 120 valence electrons. The lowest BCUT2D eigenvalue weighted by Gasteiger charge is -2.33. The first-order chi connectivity index (χ1) is 10.9. The molecular formula is C18H19IN2OS. The molecule has 5 heteroatoms. The van der Waals surface area contributed by atoms with E-state index in [1.807, 2.05) is 12.1 Å². The predicted molar refractivity (Wildman–Crippen MR) is 103 cm³/mol. The van der Waals surface area contributed by atoms with Crippen molar-refractivity contribution in [3.05, 3.63) is 37.7 Å². The van der Waals surface area contributed by atoms with E-state index in [4.69, 9.17) is 4.42 Å². The number of thiophene rings is 1. The fraction of sp³-hybridized carbons (Fsp3) is 0.444. The molecule has 2 aromatic heterocycles. The van der Waals surface area contributed by atoms with Crippen molar-refractivity contribution in [3.8, 4) is 6.07 Å². The highest BCUT2D eigenvalue weighted by atomic mass is 127. The first-order valence-electron chi connectivity index (χ1n) is 7.72. The van der Waals surface area contributed by atoms with Crippen molar-refractivity contribution in [2.24, 2.45) is 16.3 Å². The van der Waals surface area contributed by atoms with Gasteiger partial charge in [0.15, 0.2) is 3.77 Å². The van der Waals surface area contributed by atoms with Gasteiger partial charge < -0.3 is 4.42 Å². The molecule has 0 bridgehead atoms. The molecule has 2 aromatic rings. The number of rotatable bonds is 2. The van der Waals surface area contributed by atoms with Crippen LogP contribution in [-0.2, 0) is 12.8 Å². The van der Waals surface area contributed by atoms with Crippen molar-refractivity contribution in [2.75, 3.05) is 0 Å². The number of halogens is 1. The summed E-state index contributed by atoms with van der Waals surface area (Å²) in [6.07, 6.45) is 4.92. The third-order valence-electron chi connectivity index (χ3n) is 4.49. The van der Waals surface area contributed by atoms with Crippen molar-refractivity contribution in [3.63, 3.8) is 0 Å². The smallest absolute Gasteiger partial charge is 0.164 e. The third-order valence-corrected chi connectivity index (χ3v) is 6.23. The summed E-state index contributed by atoms with van der Waals surface area (Å²) in [5.74, 6) is 1.39. The van der Waals surface area contributed by atoms with Crippen molar-refractivity contribution in [2.45, 2.75) is 40.0 Å². The van der Waals surface area contributed by atoms with Gasteiger partial charge in [0.25, 0.3) is 0 Å². The fourth-order valence-corrected chi connectivity index (χ4v) is 4.69. The summed E-state index contributed by atoms with van der Waals surface area (Å²) in [6, 6.07) is 6.16. The van der Waals surface area contributed by atoms with Crippen LogP contribution in [0.25, 0.3) is 0 Å². The SMILES string of the molecule is CC(C)(C)[C@H]1CCc2c(sc(N=Cc3ccc(I)o3)c2C#N)C1. The van der Waals surface area contributed by atoms with E-state index in [1.165, 1.54) is 10.4 Å². The van der Waals surface area contributed by atoms with Crippen molar-refractivity contribution in [1.29, 1.82) is 5.26 Å². The molecule has 0 N–H and O–H groups in total. The zero-order valence-electron chi connectivity index (χ0n) is 13.5. The Hall–Kier alpha value is -1.13. The lowest BCUT2D eigenvalue weighted by molar-refractivity contribution is 0.218. The highest BCUT2D eigenvalue weighted by molar-refractivity contribution is 14.1. The van der Waals surface area contributed by atoms with Gasteiger partial charge in [-0.25, -0.2) is 4.99 Å². The van der Waals surface area contributed by atoms with E-state index in [0.717, 1.165) is 39.4 Å². The Balaban J connectivity index is 1.90. The van der Waals surface area contributed by atoms with Crippen molar-refractivity contribution < 1.29 is 4.42 Å². The highest BCUT2D eigenvalue weighted by Gasteiger charge is 2.32. The number of hydrogen-bond acceptors (Lipinski definition) is 4. The molecular weight excluding hydrogens is 419 g/mol. The molecule has 3 nitrogen and oxygen atoms in total. The lowest BCUT2D eigenvalue weighted by atomic mass is 9.72. The van der Waals surface area contributed by atoms with E-state index in [1.54, 1.807) is 17.6 Å². The molecule has 1 aliphatic carbocycles. The van der Waals surface area contributed by atoms with E-state index < -0.39 is 0 Å². The van der Waals surface area contributed by atoms with E-state index in [0.29, 0.717) is 11.3 Å². The molecule has 1 aliphatic rings. The van der Waals surface area contributed by atoms with E-state index >= 15 is 0 Å². The Morgan fingerprint density at radius 2 is 2.22 bits per heavy atom. The third kappa shape index (κ3) is 3.53. The van der Waals surface area contributed by atoms with Gasteiger partial charge in [-0.3, -0.25) is 0 Å². The Morgan fingerprint density at radius 3 is 2.83 bits per heavy atom. The lowest BCUT2D eigenvalue weighted by Crippen LogP contribution is -2.26. The van der Waals surface area contributed by atoms with Crippen LogP contribution in [0.4, 0.5) is 5.00 Å². The second-order valence-electron chi connectivity index (χ2n) is 7.00. The summed E-state index contributed by atoms with van der Waals surface area (Å²) >= 11 is 3.80. The molecule has 0 radical (unpaired) electrons. The summed E-state index contributed by atoms with van der Waals surface area (Å²) in [7, 11) is 0. The average molecular weight is 438 g/mol. The number of nitriles is 1. The first-order valence-corrected chi connectivity index (χ1v) is 9.62. The van der Waals surface area contributed by atoms with Crippen LogP contribution in [-0.4, -0.2) is 6.21 Å². The van der Waals surface area contributed by atoms with Crippen molar-refractivity contribution >= 4 is 45.1 Å². The van der Waals surface area contributed by atoms with Gasteiger partial charge in [0, 0.05) is 4.88 Å². The van der Waals surface area contributed by atoms with Crippen LogP contribution in [0.3, 0.4) is 0 Å². The molecule has 0 saturated carbocycles. The van der Waals surface area contributed by atoms with Crippen LogP contribution in [0, 0.1) is 26.4 Å². The van der Waals surface area contributed by atoms with Gasteiger partial charge in [-0.15, -0.1) is 11.3 Å². The second-order valence-corrected chi connectivity index (χ2v) is 9.15. The maximum atomic E-state index is 9.55. The van der Waals surface area contributed by atoms with Crippen LogP contribution in [0.5, 0.6) is 0 Å². The van der Waals surface area contributed by atoms with Crippen molar-refractivity contribution in [1.82, 2.24) is 0 Å². The monoisotopic (exact) mass is 438 g/mol. The summed E-state index contributed by atoms with van der Waals surface area (Å²) < 4.78 is 6.34. The Morgan fingerprint density at radius 1 is 1.43 bits per heavy atom. The van der Waals surface area contributed by atoms with E-state index in [9.17, 15) is 5.26 Å². The number of fused-ring (bicyclic) bond motifs is 1. The Kier molecular flexibility index (Phi) is 4.65. The number of nitrogens with zero attached hydrogens (tertiary/aromatic N) is 2. The maximum absolute atomic E-state index is 9.55. The quantitative estimate of drug-likeness (QED) is 0.445. The van der Waals surface area contributed by atoms with E-state index in [2.05, 4.69) is 54.4 Å². The molecule has 0 saturated heterocycles. The van der Waals surface area contributed by atoms with Gasteiger partial charge >= 0.3 is 0 Å². The second kappa shape index (κ2) is 6.40. The number of aliphatic imine (C=N–C) groups is 1. The van der Waals surface area contributed by atoms with Crippen LogP contribution in [0.15, 0.2) is 21.5 Å². The van der Waals surface area contributed by atoms with Crippen LogP contribution < -0.4 is 0 Å². The predicted octanol–water partition coefficient (Wildman–Crippen LogP) is 5.72. The zero-order valence-corrected chi connectivity index (χ0v) is 16.5. The zero-order chi connectivity index (χ0) is 16.6. The fourth-order valence-electron chi connectivity index (χ4n) is 3.04. The molecule has 23 heavy (non-hydrogen) atoms. The summed E-state index contributed by atoms with van der Waals surface area (Å²) in [4.78, 5) is 5.87. The highest BCUT2D eigenvalue weighted by Crippen LogP contribution is 2.44. The average Bonchev–Trinajstić information content (AvgIpc) is 3.06. The Bertz CT molecular complexity index is 789. The van der Waals surface area contributed by atoms with Crippen LogP contribution >= 0.6 is 33.9 Å². The van der Waals surface area contributed by atoms with Gasteiger partial charge in [-0.05, 0) is 70.9 Å². The van der Waals surface area contributed by atoms with E-state index in [-0.39, 0.29) is 0 Å². The van der Waals surface area contributed by atoms with Gasteiger partial charge in [0.2, 0.25) is 0 Å².